The molecule has 0 N–H and O–H groups in total. The Morgan fingerprint density at radius 2 is 1.89 bits per heavy atom. The summed E-state index contributed by atoms with van der Waals surface area (Å²) in [5.41, 5.74) is 1.25. The summed E-state index contributed by atoms with van der Waals surface area (Å²) in [7, 11) is -3.12. The molecule has 0 saturated carbocycles. The number of sulfone groups is 1. The number of terminal acetylenes is 1. The lowest BCUT2D eigenvalue weighted by molar-refractivity contribution is 0.317. The first-order valence-corrected chi connectivity index (χ1v) is 8.13. The maximum absolute atomic E-state index is 11.4. The van der Waals surface area contributed by atoms with E-state index < -0.39 is 9.84 Å². The molecule has 0 spiro atoms. The molecule has 0 atom stereocenters. The van der Waals surface area contributed by atoms with E-state index in [1.165, 1.54) is 5.56 Å². The zero-order valence-electron chi connectivity index (χ0n) is 11.4. The Labute approximate surface area is 115 Å². The predicted octanol–water partition coefficient (Wildman–Crippen LogP) is 2.63. The van der Waals surface area contributed by atoms with E-state index in [0.29, 0.717) is 18.9 Å². The number of hydrogen-bond acceptors (Lipinski definition) is 3. The van der Waals surface area contributed by atoms with Gasteiger partial charge in [-0.2, -0.15) is 0 Å². The quantitative estimate of drug-likeness (QED) is 0.569. The van der Waals surface area contributed by atoms with Gasteiger partial charge >= 0.3 is 0 Å². The maximum atomic E-state index is 11.4. The molecule has 4 heteroatoms. The molecule has 0 aliphatic heterocycles. The third-order valence-electron chi connectivity index (χ3n) is 2.72. The zero-order valence-corrected chi connectivity index (χ0v) is 12.2. The van der Waals surface area contributed by atoms with E-state index in [9.17, 15) is 8.42 Å². The summed E-state index contributed by atoms with van der Waals surface area (Å²) in [4.78, 5) is 0. The Hall–Kier alpha value is -1.47. The van der Waals surface area contributed by atoms with Gasteiger partial charge < -0.3 is 4.74 Å². The highest BCUT2D eigenvalue weighted by atomic mass is 32.2. The molecule has 0 saturated heterocycles. The average Bonchev–Trinajstić information content (AvgIpc) is 2.35. The number of rotatable bonds is 7. The second-order valence-electron chi connectivity index (χ2n) is 4.72. The molecule has 1 aromatic rings. The van der Waals surface area contributed by atoms with Crippen molar-refractivity contribution in [2.24, 2.45) is 0 Å². The van der Waals surface area contributed by atoms with Gasteiger partial charge in [-0.1, -0.05) is 31.9 Å². The molecule has 1 rings (SSSR count). The van der Waals surface area contributed by atoms with Crippen LogP contribution >= 0.6 is 0 Å². The number of hydrogen-bond donors (Lipinski definition) is 0. The second kappa shape index (κ2) is 7.20. The van der Waals surface area contributed by atoms with Gasteiger partial charge in [0.15, 0.2) is 9.84 Å². The highest BCUT2D eigenvalue weighted by Gasteiger charge is 2.08. The number of ether oxygens (including phenoxy) is 1. The standard InChI is InChI=1S/C15H20O3S/c1-4-11-19(16,17)12-5-10-18-15-8-6-14(7-9-15)13(2)3/h1,6-9,13H,5,10-12H2,2-3H3. The summed E-state index contributed by atoms with van der Waals surface area (Å²) in [6.45, 7) is 4.64. The molecule has 1 aromatic carbocycles. The smallest absolute Gasteiger partial charge is 0.161 e. The summed E-state index contributed by atoms with van der Waals surface area (Å²) in [6.07, 6.45) is 5.44. The first kappa shape index (κ1) is 15.6. The van der Waals surface area contributed by atoms with E-state index in [0.717, 1.165) is 5.75 Å². The third-order valence-corrected chi connectivity index (χ3v) is 4.24. The van der Waals surface area contributed by atoms with Crippen LogP contribution in [0.1, 0.15) is 31.7 Å². The monoisotopic (exact) mass is 280 g/mol. The molecule has 0 unspecified atom stereocenters. The topological polar surface area (TPSA) is 43.4 Å². The lowest BCUT2D eigenvalue weighted by Gasteiger charge is -2.08. The molecule has 0 aliphatic carbocycles. The predicted molar refractivity (Wildman–Crippen MR) is 78.1 cm³/mol. The van der Waals surface area contributed by atoms with Crippen molar-refractivity contribution in [2.45, 2.75) is 26.2 Å². The molecule has 3 nitrogen and oxygen atoms in total. The van der Waals surface area contributed by atoms with Gasteiger partial charge in [-0.05, 0) is 30.0 Å². The molecule has 0 aliphatic rings. The second-order valence-corrected chi connectivity index (χ2v) is 6.91. The average molecular weight is 280 g/mol. The Balaban J connectivity index is 2.36. The van der Waals surface area contributed by atoms with Gasteiger partial charge in [-0.15, -0.1) is 6.42 Å². The van der Waals surface area contributed by atoms with Crippen molar-refractivity contribution in [1.29, 1.82) is 0 Å². The Morgan fingerprint density at radius 1 is 1.26 bits per heavy atom. The van der Waals surface area contributed by atoms with Gasteiger partial charge in [0.05, 0.1) is 12.4 Å². The molecule has 0 bridgehead atoms. The van der Waals surface area contributed by atoms with Crippen molar-refractivity contribution in [3.8, 4) is 18.1 Å². The van der Waals surface area contributed by atoms with Crippen molar-refractivity contribution in [3.63, 3.8) is 0 Å². The van der Waals surface area contributed by atoms with E-state index in [2.05, 4.69) is 19.8 Å². The van der Waals surface area contributed by atoms with E-state index in [1.807, 2.05) is 24.3 Å². The van der Waals surface area contributed by atoms with Crippen LogP contribution in [0.2, 0.25) is 0 Å². The van der Waals surface area contributed by atoms with Gasteiger partial charge in [0.1, 0.15) is 11.5 Å². The van der Waals surface area contributed by atoms with Crippen molar-refractivity contribution in [1.82, 2.24) is 0 Å². The van der Waals surface area contributed by atoms with Crippen LogP contribution in [0.5, 0.6) is 5.75 Å². The van der Waals surface area contributed by atoms with E-state index in [1.54, 1.807) is 0 Å². The van der Waals surface area contributed by atoms with Gasteiger partial charge in [-0.3, -0.25) is 0 Å². The molecule has 0 fully saturated rings. The van der Waals surface area contributed by atoms with Crippen LogP contribution in [0.25, 0.3) is 0 Å². The summed E-state index contributed by atoms with van der Waals surface area (Å²) < 4.78 is 28.2. The zero-order chi connectivity index (χ0) is 14.3. The third kappa shape index (κ3) is 5.80. The molecule has 0 radical (unpaired) electrons. The Bertz CT molecular complexity index is 522. The summed E-state index contributed by atoms with van der Waals surface area (Å²) in [6, 6.07) is 7.86. The van der Waals surface area contributed by atoms with Gasteiger partial charge in [0.2, 0.25) is 0 Å². The highest BCUT2D eigenvalue weighted by Crippen LogP contribution is 2.18. The molecule has 104 valence electrons. The largest absolute Gasteiger partial charge is 0.494 e. The van der Waals surface area contributed by atoms with Gasteiger partial charge in [-0.25, -0.2) is 8.42 Å². The number of benzene rings is 1. The lowest BCUT2D eigenvalue weighted by Crippen LogP contribution is -2.12. The van der Waals surface area contributed by atoms with Crippen molar-refractivity contribution >= 4 is 9.84 Å². The molecule has 19 heavy (non-hydrogen) atoms. The van der Waals surface area contributed by atoms with Gasteiger partial charge in [0.25, 0.3) is 0 Å². The molecular formula is C15H20O3S. The van der Waals surface area contributed by atoms with Crippen LogP contribution in [0.4, 0.5) is 0 Å². The van der Waals surface area contributed by atoms with Crippen molar-refractivity contribution < 1.29 is 13.2 Å². The first-order valence-electron chi connectivity index (χ1n) is 6.31. The molecule has 0 heterocycles. The van der Waals surface area contributed by atoms with Crippen LogP contribution in [0, 0.1) is 12.3 Å². The van der Waals surface area contributed by atoms with E-state index in [4.69, 9.17) is 11.2 Å². The van der Waals surface area contributed by atoms with Crippen LogP contribution in [0.3, 0.4) is 0 Å². The van der Waals surface area contributed by atoms with Crippen LogP contribution < -0.4 is 4.74 Å². The highest BCUT2D eigenvalue weighted by molar-refractivity contribution is 7.91. The fourth-order valence-electron chi connectivity index (χ4n) is 1.62. The Kier molecular flexibility index (Phi) is 5.91. The molecular weight excluding hydrogens is 260 g/mol. The van der Waals surface area contributed by atoms with Crippen molar-refractivity contribution in [3.05, 3.63) is 29.8 Å². The minimum Gasteiger partial charge on any atom is -0.494 e. The summed E-state index contributed by atoms with van der Waals surface area (Å²) in [5, 5.41) is 0. The molecule has 0 amide bonds. The summed E-state index contributed by atoms with van der Waals surface area (Å²) in [5.74, 6) is 3.28. The molecule has 0 aromatic heterocycles. The maximum Gasteiger partial charge on any atom is 0.161 e. The fraction of sp³-hybridized carbons (Fsp3) is 0.467. The fourth-order valence-corrected chi connectivity index (χ4v) is 2.57. The normalized spacial score (nSPS) is 11.3. The van der Waals surface area contributed by atoms with Crippen LogP contribution in [-0.4, -0.2) is 26.5 Å². The Morgan fingerprint density at radius 3 is 2.42 bits per heavy atom. The van der Waals surface area contributed by atoms with Gasteiger partial charge in [0, 0.05) is 0 Å². The first-order chi connectivity index (χ1) is 8.94. The summed E-state index contributed by atoms with van der Waals surface area (Å²) >= 11 is 0. The van der Waals surface area contributed by atoms with Crippen molar-refractivity contribution in [2.75, 3.05) is 18.1 Å². The minimum absolute atomic E-state index is 0.0707. The minimum atomic E-state index is -3.12. The van der Waals surface area contributed by atoms with E-state index in [-0.39, 0.29) is 11.5 Å². The lowest BCUT2D eigenvalue weighted by atomic mass is 10.0. The van der Waals surface area contributed by atoms with Crippen LogP contribution in [0.15, 0.2) is 24.3 Å². The van der Waals surface area contributed by atoms with E-state index >= 15 is 0 Å². The SMILES string of the molecule is C#CCS(=O)(=O)CCCOc1ccc(C(C)C)cc1. The van der Waals surface area contributed by atoms with Crippen LogP contribution in [-0.2, 0) is 9.84 Å².